The number of carbonyl (C=O) groups is 1. The van der Waals surface area contributed by atoms with E-state index >= 15 is 0 Å². The first-order chi connectivity index (χ1) is 11.5. The fourth-order valence-electron chi connectivity index (χ4n) is 2.00. The van der Waals surface area contributed by atoms with Crippen LogP contribution in [-0.4, -0.2) is 26.9 Å². The van der Waals surface area contributed by atoms with Gasteiger partial charge in [-0.25, -0.2) is 0 Å². The van der Waals surface area contributed by atoms with Gasteiger partial charge >= 0.3 is 11.2 Å². The second kappa shape index (κ2) is 6.88. The molecule has 1 amide bonds. The van der Waals surface area contributed by atoms with Crippen molar-refractivity contribution in [2.24, 2.45) is 10.2 Å². The molecule has 0 unspecified atom stereocenters. The van der Waals surface area contributed by atoms with E-state index in [1.807, 2.05) is 0 Å². The summed E-state index contributed by atoms with van der Waals surface area (Å²) in [7, 11) is 0. The molecule has 5 nitrogen and oxygen atoms in total. The Morgan fingerprint density at radius 1 is 1.12 bits per heavy atom. The number of benzene rings is 1. The van der Waals surface area contributed by atoms with Gasteiger partial charge < -0.3 is 5.32 Å². The second-order valence-electron chi connectivity index (χ2n) is 4.90. The van der Waals surface area contributed by atoms with Crippen molar-refractivity contribution in [2.45, 2.75) is 11.7 Å². The lowest BCUT2D eigenvalue weighted by atomic mass is 10.1. The van der Waals surface area contributed by atoms with E-state index in [0.29, 0.717) is 17.0 Å². The molecule has 24 heavy (non-hydrogen) atoms. The standard InChI is InChI=1S/C16H12F2N4OS/c17-16(18,15(23)20-12-6-2-1-3-7-12)24-14-9-13(21-22-14)11-5-4-8-19-10-11/h1-8,10H,9H2,(H,20,23). The smallest absolute Gasteiger partial charge is 0.320 e. The normalized spacial score (nSPS) is 14.1. The minimum absolute atomic E-state index is 0.0852. The predicted molar refractivity (Wildman–Crippen MR) is 90.4 cm³/mol. The Kier molecular flexibility index (Phi) is 4.66. The molecule has 0 fully saturated rings. The predicted octanol–water partition coefficient (Wildman–Crippen LogP) is 3.55. The first-order valence-corrected chi connectivity index (χ1v) is 7.83. The molecule has 2 aromatic rings. The number of halogens is 2. The van der Waals surface area contributed by atoms with E-state index in [1.54, 1.807) is 42.7 Å². The Bertz CT molecular complexity index is 794. The molecule has 1 N–H and O–H groups in total. The Labute approximate surface area is 140 Å². The number of carbonyl (C=O) groups excluding carboxylic acids is 1. The summed E-state index contributed by atoms with van der Waals surface area (Å²) in [5.41, 5.74) is 1.57. The molecular formula is C16H12F2N4OS. The zero-order valence-corrected chi connectivity index (χ0v) is 13.1. The largest absolute Gasteiger partial charge is 0.376 e. The Morgan fingerprint density at radius 2 is 1.92 bits per heavy atom. The van der Waals surface area contributed by atoms with Crippen LogP contribution in [0.15, 0.2) is 65.1 Å². The Morgan fingerprint density at radius 3 is 2.62 bits per heavy atom. The van der Waals surface area contributed by atoms with E-state index in [9.17, 15) is 13.6 Å². The van der Waals surface area contributed by atoms with Crippen LogP contribution in [0.4, 0.5) is 14.5 Å². The zero-order valence-electron chi connectivity index (χ0n) is 12.3. The van der Waals surface area contributed by atoms with Crippen molar-refractivity contribution in [3.8, 4) is 0 Å². The van der Waals surface area contributed by atoms with Gasteiger partial charge in [0.25, 0.3) is 0 Å². The molecule has 0 aliphatic carbocycles. The highest BCUT2D eigenvalue weighted by Gasteiger charge is 2.42. The van der Waals surface area contributed by atoms with Gasteiger partial charge in [0, 0.05) is 30.1 Å². The number of thioether (sulfide) groups is 1. The molecule has 3 rings (SSSR count). The van der Waals surface area contributed by atoms with E-state index in [4.69, 9.17) is 0 Å². The van der Waals surface area contributed by atoms with Gasteiger partial charge in [-0.15, -0.1) is 5.10 Å². The van der Waals surface area contributed by atoms with Crippen molar-refractivity contribution in [2.75, 3.05) is 5.32 Å². The number of nitrogens with one attached hydrogen (secondary N) is 1. The van der Waals surface area contributed by atoms with Crippen molar-refractivity contribution in [3.05, 3.63) is 60.4 Å². The molecule has 0 saturated carbocycles. The number of pyridine rings is 1. The maximum absolute atomic E-state index is 14.1. The summed E-state index contributed by atoms with van der Waals surface area (Å²) in [6.07, 6.45) is 3.34. The lowest BCUT2D eigenvalue weighted by molar-refractivity contribution is -0.129. The van der Waals surface area contributed by atoms with Crippen LogP contribution < -0.4 is 5.32 Å². The molecule has 122 valence electrons. The number of nitrogens with zero attached hydrogens (tertiary/aromatic N) is 3. The third kappa shape index (κ3) is 3.83. The number of alkyl halides is 2. The summed E-state index contributed by atoms with van der Waals surface area (Å²) < 4.78 is 28.2. The molecule has 1 aromatic carbocycles. The van der Waals surface area contributed by atoms with E-state index in [0.717, 1.165) is 0 Å². The number of aromatic nitrogens is 1. The molecule has 0 atom stereocenters. The fraction of sp³-hybridized carbons (Fsp3) is 0.125. The number of para-hydroxylation sites is 1. The van der Waals surface area contributed by atoms with E-state index in [1.165, 1.54) is 12.1 Å². The highest BCUT2D eigenvalue weighted by molar-refractivity contribution is 8.15. The molecule has 0 radical (unpaired) electrons. The van der Waals surface area contributed by atoms with Gasteiger partial charge in [0.1, 0.15) is 5.04 Å². The molecule has 0 bridgehead atoms. The van der Waals surface area contributed by atoms with Crippen LogP contribution in [0.25, 0.3) is 0 Å². The number of hydrogen-bond donors (Lipinski definition) is 1. The van der Waals surface area contributed by atoms with Gasteiger partial charge in [-0.2, -0.15) is 13.9 Å². The first kappa shape index (κ1) is 16.3. The fourth-order valence-corrected chi connectivity index (χ4v) is 2.73. The molecule has 0 saturated heterocycles. The van der Waals surface area contributed by atoms with Gasteiger partial charge in [-0.3, -0.25) is 9.78 Å². The van der Waals surface area contributed by atoms with Crippen LogP contribution in [0.2, 0.25) is 0 Å². The highest BCUT2D eigenvalue weighted by atomic mass is 32.2. The van der Waals surface area contributed by atoms with Gasteiger partial charge in [0.2, 0.25) is 0 Å². The van der Waals surface area contributed by atoms with Gasteiger partial charge in [-0.1, -0.05) is 18.2 Å². The summed E-state index contributed by atoms with van der Waals surface area (Å²) >= 11 is 0.105. The minimum Gasteiger partial charge on any atom is -0.320 e. The lowest BCUT2D eigenvalue weighted by Gasteiger charge is -2.15. The minimum atomic E-state index is -3.64. The maximum atomic E-state index is 14.1. The summed E-state index contributed by atoms with van der Waals surface area (Å²) in [6, 6.07) is 11.6. The zero-order chi connectivity index (χ0) is 17.0. The number of hydrogen-bond acceptors (Lipinski definition) is 5. The monoisotopic (exact) mass is 346 g/mol. The number of anilines is 1. The van der Waals surface area contributed by atoms with Gasteiger partial charge in [0.05, 0.1) is 5.71 Å². The molecule has 2 heterocycles. The topological polar surface area (TPSA) is 66.7 Å². The van der Waals surface area contributed by atoms with E-state index in [2.05, 4.69) is 20.5 Å². The third-order valence-corrected chi connectivity index (χ3v) is 4.04. The van der Waals surface area contributed by atoms with Crippen molar-refractivity contribution in [3.63, 3.8) is 0 Å². The summed E-state index contributed by atoms with van der Waals surface area (Å²) in [4.78, 5) is 15.7. The molecule has 0 spiro atoms. The van der Waals surface area contributed by atoms with Crippen LogP contribution >= 0.6 is 11.8 Å². The first-order valence-electron chi connectivity index (χ1n) is 7.02. The van der Waals surface area contributed by atoms with Crippen LogP contribution in [0, 0.1) is 0 Å². The van der Waals surface area contributed by atoms with Crippen LogP contribution in [0.3, 0.4) is 0 Å². The average Bonchev–Trinajstić information content (AvgIpc) is 3.04. The van der Waals surface area contributed by atoms with Crippen molar-refractivity contribution in [1.29, 1.82) is 0 Å². The Balaban J connectivity index is 1.60. The number of rotatable bonds is 4. The molecule has 8 heteroatoms. The van der Waals surface area contributed by atoms with Crippen LogP contribution in [0.5, 0.6) is 0 Å². The maximum Gasteiger partial charge on any atom is 0.376 e. The third-order valence-electron chi connectivity index (χ3n) is 3.14. The van der Waals surface area contributed by atoms with Crippen molar-refractivity contribution in [1.82, 2.24) is 4.98 Å². The molecule has 1 aromatic heterocycles. The molecule has 1 aliphatic heterocycles. The van der Waals surface area contributed by atoms with E-state index in [-0.39, 0.29) is 23.2 Å². The quantitative estimate of drug-likeness (QED) is 0.920. The van der Waals surface area contributed by atoms with Crippen molar-refractivity contribution >= 4 is 34.1 Å². The highest BCUT2D eigenvalue weighted by Crippen LogP contribution is 2.34. The summed E-state index contributed by atoms with van der Waals surface area (Å²) in [5, 5.41) is 6.27. The van der Waals surface area contributed by atoms with Crippen molar-refractivity contribution < 1.29 is 13.6 Å². The second-order valence-corrected chi connectivity index (χ2v) is 6.09. The molecular weight excluding hydrogens is 334 g/mol. The summed E-state index contributed by atoms with van der Waals surface area (Å²) in [6.45, 7) is 0. The molecule has 1 aliphatic rings. The van der Waals surface area contributed by atoms with Gasteiger partial charge in [-0.05, 0) is 36.0 Å². The van der Waals surface area contributed by atoms with Gasteiger partial charge in [0.15, 0.2) is 0 Å². The lowest BCUT2D eigenvalue weighted by Crippen LogP contribution is -2.32. The number of amides is 1. The summed E-state index contributed by atoms with van der Waals surface area (Å²) in [5.74, 6) is -1.39. The van der Waals surface area contributed by atoms with Crippen LogP contribution in [0.1, 0.15) is 12.0 Å². The Hall–Kier alpha value is -2.61. The van der Waals surface area contributed by atoms with Crippen LogP contribution in [-0.2, 0) is 4.79 Å². The SMILES string of the molecule is O=C(Nc1ccccc1)C(F)(F)SC1=NN=C(c2cccnc2)C1. The average molecular weight is 346 g/mol. The van der Waals surface area contributed by atoms with E-state index < -0.39 is 11.2 Å².